The van der Waals surface area contributed by atoms with Crippen molar-refractivity contribution in [2.45, 2.75) is 20.1 Å². The lowest BCUT2D eigenvalue weighted by Crippen LogP contribution is -2.40. The van der Waals surface area contributed by atoms with Crippen LogP contribution in [0.2, 0.25) is 5.02 Å². The number of hydrogen-bond donors (Lipinski definition) is 1. The Morgan fingerprint density at radius 3 is 2.47 bits per heavy atom. The second-order valence-electron chi connectivity index (χ2n) is 6.69. The van der Waals surface area contributed by atoms with Crippen LogP contribution in [0.1, 0.15) is 18.1 Å². The third-order valence-electron chi connectivity index (χ3n) is 4.71. The molecule has 0 saturated carbocycles. The Morgan fingerprint density at radius 2 is 1.73 bits per heavy atom. The van der Waals surface area contributed by atoms with E-state index in [0.29, 0.717) is 18.2 Å². The van der Waals surface area contributed by atoms with Crippen LogP contribution in [-0.4, -0.2) is 50.9 Å². The van der Waals surface area contributed by atoms with Crippen LogP contribution in [0.3, 0.4) is 0 Å². The summed E-state index contributed by atoms with van der Waals surface area (Å²) in [6.07, 6.45) is 0. The summed E-state index contributed by atoms with van der Waals surface area (Å²) in [4.78, 5) is 2.42. The first-order valence-electron chi connectivity index (χ1n) is 9.89. The fraction of sp³-hybridized carbons (Fsp3) is 0.455. The van der Waals surface area contributed by atoms with E-state index in [1.54, 1.807) is 0 Å². The zero-order valence-electron chi connectivity index (χ0n) is 17.3. The molecule has 0 spiro atoms. The SMILES string of the molecule is CCOc1cccc(CNCCN2CCOCC2)c1OCc1ccccc1Cl.Cl.Cl. The van der Waals surface area contributed by atoms with Crippen molar-refractivity contribution in [2.75, 3.05) is 46.0 Å². The summed E-state index contributed by atoms with van der Waals surface area (Å²) in [5, 5.41) is 4.23. The Labute approximate surface area is 196 Å². The molecule has 1 heterocycles. The Morgan fingerprint density at radius 1 is 1.00 bits per heavy atom. The Balaban J connectivity index is 0.00000225. The van der Waals surface area contributed by atoms with Crippen molar-refractivity contribution in [1.29, 1.82) is 0 Å². The van der Waals surface area contributed by atoms with Crippen LogP contribution < -0.4 is 14.8 Å². The summed E-state index contributed by atoms with van der Waals surface area (Å²) in [5.74, 6) is 1.55. The summed E-state index contributed by atoms with van der Waals surface area (Å²) in [6, 6.07) is 13.8. The smallest absolute Gasteiger partial charge is 0.166 e. The topological polar surface area (TPSA) is 43.0 Å². The van der Waals surface area contributed by atoms with Crippen molar-refractivity contribution < 1.29 is 14.2 Å². The number of halogens is 3. The molecule has 0 radical (unpaired) electrons. The Hall–Kier alpha value is -1.21. The van der Waals surface area contributed by atoms with Gasteiger partial charge in [-0.05, 0) is 19.1 Å². The molecule has 2 aromatic carbocycles. The minimum atomic E-state index is 0. The van der Waals surface area contributed by atoms with Gasteiger partial charge >= 0.3 is 0 Å². The van der Waals surface area contributed by atoms with Gasteiger partial charge < -0.3 is 19.5 Å². The molecule has 1 aliphatic rings. The molecule has 8 heteroatoms. The largest absolute Gasteiger partial charge is 0.490 e. The average Bonchev–Trinajstić information content (AvgIpc) is 2.73. The molecule has 0 amide bonds. The van der Waals surface area contributed by atoms with Crippen LogP contribution >= 0.6 is 36.4 Å². The fourth-order valence-corrected chi connectivity index (χ4v) is 3.37. The highest BCUT2D eigenvalue weighted by molar-refractivity contribution is 6.31. The number of morpholine rings is 1. The normalized spacial score (nSPS) is 13.8. The van der Waals surface area contributed by atoms with Gasteiger partial charge in [0.05, 0.1) is 19.8 Å². The maximum absolute atomic E-state index is 6.27. The number of rotatable bonds is 10. The molecule has 1 N–H and O–H groups in total. The van der Waals surface area contributed by atoms with Gasteiger partial charge in [0.15, 0.2) is 11.5 Å². The first-order valence-corrected chi connectivity index (χ1v) is 10.3. The van der Waals surface area contributed by atoms with Crippen molar-refractivity contribution in [3.63, 3.8) is 0 Å². The van der Waals surface area contributed by atoms with Crippen molar-refractivity contribution in [1.82, 2.24) is 10.2 Å². The first-order chi connectivity index (χ1) is 13.8. The average molecular weight is 478 g/mol. The predicted molar refractivity (Wildman–Crippen MR) is 127 cm³/mol. The first kappa shape index (κ1) is 26.8. The lowest BCUT2D eigenvalue weighted by molar-refractivity contribution is 0.0384. The van der Waals surface area contributed by atoms with E-state index >= 15 is 0 Å². The van der Waals surface area contributed by atoms with Crippen molar-refractivity contribution >= 4 is 36.4 Å². The standard InChI is InChI=1S/C22H29ClN2O3.2ClH/c1-2-27-21-9-5-7-18(16-24-10-11-25-12-14-26-15-13-25)22(21)28-17-19-6-3-4-8-20(19)23;;/h3-9,24H,2,10-17H2,1H3;2*1H. The van der Waals surface area contributed by atoms with Gasteiger partial charge in [0.2, 0.25) is 0 Å². The summed E-state index contributed by atoms with van der Waals surface area (Å²) in [5.41, 5.74) is 2.04. The maximum atomic E-state index is 6.27. The highest BCUT2D eigenvalue weighted by Crippen LogP contribution is 2.32. The number of hydrogen-bond acceptors (Lipinski definition) is 5. The van der Waals surface area contributed by atoms with E-state index in [2.05, 4.69) is 16.3 Å². The Kier molecular flexibility index (Phi) is 13.2. The summed E-state index contributed by atoms with van der Waals surface area (Å²) < 4.78 is 17.3. The quantitative estimate of drug-likeness (QED) is 0.507. The summed E-state index contributed by atoms with van der Waals surface area (Å²) in [6.45, 7) is 9.32. The molecular weight excluding hydrogens is 447 g/mol. The van der Waals surface area contributed by atoms with Gasteiger partial charge in [-0.1, -0.05) is 41.9 Å². The minimum Gasteiger partial charge on any atom is -0.490 e. The van der Waals surface area contributed by atoms with Crippen LogP contribution in [-0.2, 0) is 17.9 Å². The molecule has 0 unspecified atom stereocenters. The van der Waals surface area contributed by atoms with Crippen LogP contribution in [0.15, 0.2) is 42.5 Å². The number of para-hydroxylation sites is 1. The molecule has 0 bridgehead atoms. The monoisotopic (exact) mass is 476 g/mol. The van der Waals surface area contributed by atoms with Crippen molar-refractivity contribution in [3.8, 4) is 11.5 Å². The van der Waals surface area contributed by atoms with E-state index < -0.39 is 0 Å². The molecule has 1 fully saturated rings. The van der Waals surface area contributed by atoms with Gasteiger partial charge in [-0.25, -0.2) is 0 Å². The number of nitrogens with zero attached hydrogens (tertiary/aromatic N) is 1. The number of ether oxygens (including phenoxy) is 3. The lowest BCUT2D eigenvalue weighted by Gasteiger charge is -2.26. The molecule has 0 atom stereocenters. The van der Waals surface area contributed by atoms with Crippen LogP contribution in [0.5, 0.6) is 11.5 Å². The molecule has 168 valence electrons. The van der Waals surface area contributed by atoms with Crippen molar-refractivity contribution in [2.24, 2.45) is 0 Å². The highest BCUT2D eigenvalue weighted by atomic mass is 35.5. The van der Waals surface area contributed by atoms with E-state index in [9.17, 15) is 0 Å². The molecule has 3 rings (SSSR count). The summed E-state index contributed by atoms with van der Waals surface area (Å²) in [7, 11) is 0. The van der Waals surface area contributed by atoms with Crippen molar-refractivity contribution in [3.05, 3.63) is 58.6 Å². The van der Waals surface area contributed by atoms with E-state index in [1.165, 1.54) is 0 Å². The van der Waals surface area contributed by atoms with E-state index in [-0.39, 0.29) is 24.8 Å². The van der Waals surface area contributed by atoms with Crippen LogP contribution in [0, 0.1) is 0 Å². The lowest BCUT2D eigenvalue weighted by atomic mass is 10.1. The van der Waals surface area contributed by atoms with E-state index in [4.69, 9.17) is 25.8 Å². The van der Waals surface area contributed by atoms with Crippen LogP contribution in [0.4, 0.5) is 0 Å². The molecule has 1 aliphatic heterocycles. The third-order valence-corrected chi connectivity index (χ3v) is 5.08. The molecule has 0 aliphatic carbocycles. The zero-order valence-corrected chi connectivity index (χ0v) is 19.7. The van der Waals surface area contributed by atoms with Gasteiger partial charge in [-0.15, -0.1) is 24.8 Å². The number of nitrogens with one attached hydrogen (secondary N) is 1. The molecule has 5 nitrogen and oxygen atoms in total. The Bertz CT molecular complexity index is 743. The maximum Gasteiger partial charge on any atom is 0.166 e. The minimum absolute atomic E-state index is 0. The van der Waals surface area contributed by atoms with Gasteiger partial charge in [0, 0.05) is 48.9 Å². The molecule has 2 aromatic rings. The molecule has 30 heavy (non-hydrogen) atoms. The molecule has 0 aromatic heterocycles. The second-order valence-corrected chi connectivity index (χ2v) is 7.10. The van der Waals surface area contributed by atoms with Crippen LogP contribution in [0.25, 0.3) is 0 Å². The predicted octanol–water partition coefficient (Wildman–Crippen LogP) is 4.58. The van der Waals surface area contributed by atoms with Gasteiger partial charge in [-0.2, -0.15) is 0 Å². The molecule has 1 saturated heterocycles. The van der Waals surface area contributed by atoms with E-state index in [0.717, 1.165) is 68.6 Å². The zero-order chi connectivity index (χ0) is 19.6. The second kappa shape index (κ2) is 14.7. The summed E-state index contributed by atoms with van der Waals surface area (Å²) >= 11 is 6.27. The highest BCUT2D eigenvalue weighted by Gasteiger charge is 2.13. The van der Waals surface area contributed by atoms with Gasteiger partial charge in [-0.3, -0.25) is 4.90 Å². The van der Waals surface area contributed by atoms with E-state index in [1.807, 2.05) is 43.3 Å². The van der Waals surface area contributed by atoms with Gasteiger partial charge in [0.25, 0.3) is 0 Å². The third kappa shape index (κ3) is 8.14. The fourth-order valence-electron chi connectivity index (χ4n) is 3.18. The van der Waals surface area contributed by atoms with Gasteiger partial charge in [0.1, 0.15) is 6.61 Å². The molecular formula is C22H31Cl3N2O3. The number of benzene rings is 2.